The van der Waals surface area contributed by atoms with Crippen LogP contribution in [0.3, 0.4) is 0 Å². The van der Waals surface area contributed by atoms with Crippen LogP contribution < -0.4 is 4.74 Å². The third-order valence-electron chi connectivity index (χ3n) is 5.68. The molecule has 0 radical (unpaired) electrons. The van der Waals surface area contributed by atoms with E-state index in [4.69, 9.17) is 10.00 Å². The van der Waals surface area contributed by atoms with Crippen molar-refractivity contribution in [3.63, 3.8) is 0 Å². The summed E-state index contributed by atoms with van der Waals surface area (Å²) in [6, 6.07) is 14.7. The molecule has 28 heavy (non-hydrogen) atoms. The molecular weight excluding hydrogens is 346 g/mol. The van der Waals surface area contributed by atoms with Gasteiger partial charge in [0.05, 0.1) is 17.2 Å². The van der Waals surface area contributed by atoms with E-state index in [0.717, 1.165) is 18.8 Å². The van der Waals surface area contributed by atoms with E-state index in [2.05, 4.69) is 19.1 Å². The van der Waals surface area contributed by atoms with Crippen LogP contribution in [0.2, 0.25) is 0 Å². The molecule has 0 N–H and O–H groups in total. The summed E-state index contributed by atoms with van der Waals surface area (Å²) in [6.07, 6.45) is 11.4. The Kier molecular flexibility index (Phi) is 7.25. The number of esters is 1. The van der Waals surface area contributed by atoms with Crippen LogP contribution in [0.25, 0.3) is 0 Å². The quantitative estimate of drug-likeness (QED) is 0.311. The van der Waals surface area contributed by atoms with Gasteiger partial charge in [-0.05, 0) is 72.7 Å². The minimum absolute atomic E-state index is 0.342. The summed E-state index contributed by atoms with van der Waals surface area (Å²) < 4.78 is 5.45. The van der Waals surface area contributed by atoms with Crippen molar-refractivity contribution in [2.24, 2.45) is 5.92 Å². The number of ether oxygens (including phenoxy) is 1. The first-order valence-corrected chi connectivity index (χ1v) is 10.5. The van der Waals surface area contributed by atoms with Crippen LogP contribution in [-0.2, 0) is 12.8 Å². The summed E-state index contributed by atoms with van der Waals surface area (Å²) in [5.41, 5.74) is 3.82. The van der Waals surface area contributed by atoms with Crippen molar-refractivity contribution in [2.45, 2.75) is 64.7 Å². The monoisotopic (exact) mass is 375 g/mol. The summed E-state index contributed by atoms with van der Waals surface area (Å²) >= 11 is 0. The van der Waals surface area contributed by atoms with E-state index >= 15 is 0 Å². The molecule has 0 heterocycles. The molecule has 3 rings (SSSR count). The normalized spacial score (nSPS) is 15.5. The molecule has 0 aromatic heterocycles. The number of benzene rings is 2. The van der Waals surface area contributed by atoms with Gasteiger partial charge in [0.15, 0.2) is 0 Å². The highest BCUT2D eigenvalue weighted by atomic mass is 16.5. The highest BCUT2D eigenvalue weighted by Gasteiger charge is 2.20. The summed E-state index contributed by atoms with van der Waals surface area (Å²) in [7, 11) is 0. The number of rotatable bonds is 8. The number of hydrogen-bond donors (Lipinski definition) is 0. The maximum atomic E-state index is 12.5. The third kappa shape index (κ3) is 5.45. The van der Waals surface area contributed by atoms with Crippen molar-refractivity contribution in [1.82, 2.24) is 0 Å². The Morgan fingerprint density at radius 1 is 1.07 bits per heavy atom. The SMILES string of the molecule is CCCCCCCC1CCc2cc(C(=O)Oc3ccc(C#N)cc3)ccc2C1. The number of aryl methyl sites for hydroxylation is 1. The van der Waals surface area contributed by atoms with E-state index in [0.29, 0.717) is 16.9 Å². The molecule has 2 aromatic rings. The van der Waals surface area contributed by atoms with Crippen LogP contribution in [0.15, 0.2) is 42.5 Å². The van der Waals surface area contributed by atoms with Crippen LogP contribution in [-0.4, -0.2) is 5.97 Å². The Labute approximate surface area is 168 Å². The van der Waals surface area contributed by atoms with E-state index in [-0.39, 0.29) is 5.97 Å². The number of hydrogen-bond acceptors (Lipinski definition) is 3. The molecule has 0 saturated carbocycles. The average Bonchev–Trinajstić information content (AvgIpc) is 2.73. The number of carbonyl (C=O) groups is 1. The highest BCUT2D eigenvalue weighted by Crippen LogP contribution is 2.30. The number of fused-ring (bicyclic) bond motifs is 1. The highest BCUT2D eigenvalue weighted by molar-refractivity contribution is 5.91. The van der Waals surface area contributed by atoms with Crippen LogP contribution in [0.1, 0.15) is 78.9 Å². The second-order valence-electron chi connectivity index (χ2n) is 7.82. The average molecular weight is 376 g/mol. The maximum Gasteiger partial charge on any atom is 0.343 e. The minimum atomic E-state index is -0.342. The molecule has 1 aliphatic carbocycles. The number of unbranched alkanes of at least 4 members (excludes halogenated alkanes) is 4. The van der Waals surface area contributed by atoms with Gasteiger partial charge in [0.25, 0.3) is 0 Å². The zero-order valence-electron chi connectivity index (χ0n) is 16.7. The fraction of sp³-hybridized carbons (Fsp3) is 0.440. The molecule has 2 aromatic carbocycles. The van der Waals surface area contributed by atoms with E-state index in [1.54, 1.807) is 24.3 Å². The molecule has 1 aliphatic rings. The lowest BCUT2D eigenvalue weighted by molar-refractivity contribution is 0.0734. The zero-order chi connectivity index (χ0) is 19.8. The Hall–Kier alpha value is -2.60. The molecule has 3 heteroatoms. The standard InChI is InChI=1S/C25H29NO2/c1-2-3-4-5-6-7-19-8-11-22-17-23(13-12-21(22)16-19)25(27)28-24-14-9-20(18-26)10-15-24/h9-10,12-15,17,19H,2-8,11,16H2,1H3. The predicted octanol–water partition coefficient (Wildman–Crippen LogP) is 6.24. The second kappa shape index (κ2) is 10.1. The molecule has 0 fully saturated rings. The van der Waals surface area contributed by atoms with Crippen molar-refractivity contribution in [1.29, 1.82) is 5.26 Å². The smallest absolute Gasteiger partial charge is 0.343 e. The van der Waals surface area contributed by atoms with E-state index in [1.807, 2.05) is 12.1 Å². The topological polar surface area (TPSA) is 50.1 Å². The van der Waals surface area contributed by atoms with E-state index in [9.17, 15) is 4.79 Å². The molecular formula is C25H29NO2. The van der Waals surface area contributed by atoms with Crippen LogP contribution >= 0.6 is 0 Å². The first-order valence-electron chi connectivity index (χ1n) is 10.5. The first-order chi connectivity index (χ1) is 13.7. The fourth-order valence-electron chi connectivity index (χ4n) is 4.00. The second-order valence-corrected chi connectivity index (χ2v) is 7.82. The fourth-order valence-corrected chi connectivity index (χ4v) is 4.00. The summed E-state index contributed by atoms with van der Waals surface area (Å²) in [5, 5.41) is 8.84. The lowest BCUT2D eigenvalue weighted by Gasteiger charge is -2.25. The van der Waals surface area contributed by atoms with Gasteiger partial charge in [-0.3, -0.25) is 0 Å². The van der Waals surface area contributed by atoms with Gasteiger partial charge < -0.3 is 4.74 Å². The van der Waals surface area contributed by atoms with Gasteiger partial charge in [-0.2, -0.15) is 5.26 Å². The van der Waals surface area contributed by atoms with Crippen LogP contribution in [0.5, 0.6) is 5.75 Å². The molecule has 0 bridgehead atoms. The molecule has 1 unspecified atom stereocenters. The molecule has 3 nitrogen and oxygen atoms in total. The van der Waals surface area contributed by atoms with Gasteiger partial charge in [-0.25, -0.2) is 4.79 Å². The summed E-state index contributed by atoms with van der Waals surface area (Å²) in [6.45, 7) is 2.26. The minimum Gasteiger partial charge on any atom is -0.423 e. The van der Waals surface area contributed by atoms with Gasteiger partial charge in [0.1, 0.15) is 5.75 Å². The Morgan fingerprint density at radius 2 is 1.86 bits per heavy atom. The maximum absolute atomic E-state index is 12.5. The van der Waals surface area contributed by atoms with E-state index in [1.165, 1.54) is 56.1 Å². The molecule has 1 atom stereocenters. The summed E-state index contributed by atoms with van der Waals surface area (Å²) in [4.78, 5) is 12.5. The number of nitriles is 1. The van der Waals surface area contributed by atoms with Crippen LogP contribution in [0, 0.1) is 17.2 Å². The van der Waals surface area contributed by atoms with Crippen molar-refractivity contribution in [3.8, 4) is 11.8 Å². The predicted molar refractivity (Wildman–Crippen MR) is 111 cm³/mol. The molecule has 0 saturated heterocycles. The zero-order valence-corrected chi connectivity index (χ0v) is 16.7. The van der Waals surface area contributed by atoms with Crippen molar-refractivity contribution >= 4 is 5.97 Å². The van der Waals surface area contributed by atoms with Crippen molar-refractivity contribution in [2.75, 3.05) is 0 Å². The Bertz CT molecular complexity index is 833. The van der Waals surface area contributed by atoms with Gasteiger partial charge in [-0.1, -0.05) is 51.5 Å². The van der Waals surface area contributed by atoms with Crippen LogP contribution in [0.4, 0.5) is 0 Å². The van der Waals surface area contributed by atoms with Gasteiger partial charge in [-0.15, -0.1) is 0 Å². The summed E-state index contributed by atoms with van der Waals surface area (Å²) in [5.74, 6) is 0.904. The van der Waals surface area contributed by atoms with Gasteiger partial charge in [0.2, 0.25) is 0 Å². The molecule has 146 valence electrons. The third-order valence-corrected chi connectivity index (χ3v) is 5.68. The molecule has 0 spiro atoms. The van der Waals surface area contributed by atoms with Crippen molar-refractivity contribution < 1.29 is 9.53 Å². The Morgan fingerprint density at radius 3 is 2.61 bits per heavy atom. The lowest BCUT2D eigenvalue weighted by atomic mass is 9.81. The molecule has 0 amide bonds. The number of nitrogens with zero attached hydrogens (tertiary/aromatic N) is 1. The Balaban J connectivity index is 1.55. The van der Waals surface area contributed by atoms with Crippen molar-refractivity contribution in [3.05, 3.63) is 64.7 Å². The van der Waals surface area contributed by atoms with Gasteiger partial charge in [0, 0.05) is 0 Å². The first kappa shape index (κ1) is 20.1. The van der Waals surface area contributed by atoms with Gasteiger partial charge >= 0.3 is 5.97 Å². The largest absolute Gasteiger partial charge is 0.423 e. The number of carbonyl (C=O) groups excluding carboxylic acids is 1. The lowest BCUT2D eigenvalue weighted by Crippen LogP contribution is -2.16. The van der Waals surface area contributed by atoms with E-state index < -0.39 is 0 Å². The molecule has 0 aliphatic heterocycles.